The monoisotopic (exact) mass is 207 g/mol. The normalized spacial score (nSPS) is 12.5. The van der Waals surface area contributed by atoms with Gasteiger partial charge in [-0.3, -0.25) is 16.1 Å². The molecule has 0 amide bonds. The summed E-state index contributed by atoms with van der Waals surface area (Å²) in [5.74, 6) is 5.07. The first-order chi connectivity index (χ1) is 7.13. The number of rotatable bonds is 5. The molecule has 1 aromatic rings. The first kappa shape index (κ1) is 11.8. The van der Waals surface area contributed by atoms with Gasteiger partial charge in [0.2, 0.25) is 0 Å². The highest BCUT2D eigenvalue weighted by molar-refractivity contribution is 5.97. The molecule has 1 aromatic carbocycles. The van der Waals surface area contributed by atoms with Crippen molar-refractivity contribution in [3.63, 3.8) is 0 Å². The lowest BCUT2D eigenvalue weighted by Crippen LogP contribution is -2.29. The Balaban J connectivity index is 2.67. The molecule has 4 nitrogen and oxygen atoms in total. The molecular weight excluding hydrogens is 190 g/mol. The molecule has 0 aromatic heterocycles. The molecule has 5 N–H and O–H groups in total. The van der Waals surface area contributed by atoms with Crippen molar-refractivity contribution >= 4 is 5.78 Å². The smallest absolute Gasteiger partial charge is 0.177 e. The Morgan fingerprint density at radius 3 is 2.47 bits per heavy atom. The van der Waals surface area contributed by atoms with Crippen LogP contribution in [0.3, 0.4) is 0 Å². The van der Waals surface area contributed by atoms with E-state index in [9.17, 15) is 4.79 Å². The number of hydrogen-bond donors (Lipinski definition) is 3. The van der Waals surface area contributed by atoms with Gasteiger partial charge >= 0.3 is 0 Å². The van der Waals surface area contributed by atoms with Gasteiger partial charge < -0.3 is 5.73 Å². The third kappa shape index (κ3) is 3.79. The van der Waals surface area contributed by atoms with Gasteiger partial charge in [-0.15, -0.1) is 0 Å². The van der Waals surface area contributed by atoms with Gasteiger partial charge in [-0.1, -0.05) is 24.3 Å². The molecule has 1 unspecified atom stereocenters. The molecule has 0 heterocycles. The number of carbonyl (C=O) groups excluding carboxylic acids is 1. The molecule has 1 rings (SSSR count). The standard InChI is InChI=1S/C11H17N3O/c1-8(12)6-9-2-4-10(5-3-9)11(15)7-14-13/h2-5,8,14H,6-7,12-13H2,1H3. The van der Waals surface area contributed by atoms with Crippen molar-refractivity contribution in [2.75, 3.05) is 6.54 Å². The summed E-state index contributed by atoms with van der Waals surface area (Å²) in [5.41, 5.74) is 9.83. The van der Waals surface area contributed by atoms with Gasteiger partial charge in [-0.05, 0) is 18.9 Å². The number of carbonyl (C=O) groups is 1. The zero-order valence-corrected chi connectivity index (χ0v) is 8.86. The number of Topliss-reactive ketones (excluding diaryl/α,β-unsaturated/α-hetero) is 1. The topological polar surface area (TPSA) is 81.1 Å². The summed E-state index contributed by atoms with van der Waals surface area (Å²) < 4.78 is 0. The van der Waals surface area contributed by atoms with Crippen LogP contribution < -0.4 is 17.0 Å². The lowest BCUT2D eigenvalue weighted by Gasteiger charge is -2.06. The minimum atomic E-state index is -0.00940. The van der Waals surface area contributed by atoms with Crippen molar-refractivity contribution < 1.29 is 4.79 Å². The third-order valence-electron chi connectivity index (χ3n) is 2.10. The fourth-order valence-corrected chi connectivity index (χ4v) is 1.39. The third-order valence-corrected chi connectivity index (χ3v) is 2.10. The van der Waals surface area contributed by atoms with Crippen molar-refractivity contribution in [2.24, 2.45) is 11.6 Å². The molecule has 0 fully saturated rings. The minimum absolute atomic E-state index is 0.00940. The molecule has 0 aliphatic carbocycles. The van der Waals surface area contributed by atoms with E-state index in [1.807, 2.05) is 19.1 Å². The van der Waals surface area contributed by atoms with Gasteiger partial charge in [0, 0.05) is 11.6 Å². The Labute approximate surface area is 89.6 Å². The van der Waals surface area contributed by atoms with Crippen LogP contribution in [0, 0.1) is 0 Å². The van der Waals surface area contributed by atoms with Crippen LogP contribution in [-0.2, 0) is 6.42 Å². The largest absolute Gasteiger partial charge is 0.328 e. The maximum absolute atomic E-state index is 11.4. The van der Waals surface area contributed by atoms with Gasteiger partial charge in [0.05, 0.1) is 6.54 Å². The van der Waals surface area contributed by atoms with Crippen molar-refractivity contribution in [2.45, 2.75) is 19.4 Å². The average molecular weight is 207 g/mol. The number of benzene rings is 1. The van der Waals surface area contributed by atoms with Crippen LogP contribution >= 0.6 is 0 Å². The Morgan fingerprint density at radius 2 is 2.00 bits per heavy atom. The maximum Gasteiger partial charge on any atom is 0.177 e. The molecule has 0 spiro atoms. The predicted octanol–water partition coefficient (Wildman–Crippen LogP) is 0.222. The van der Waals surface area contributed by atoms with Crippen molar-refractivity contribution in [1.29, 1.82) is 0 Å². The van der Waals surface area contributed by atoms with E-state index < -0.39 is 0 Å². The summed E-state index contributed by atoms with van der Waals surface area (Å²) in [6.07, 6.45) is 0.823. The van der Waals surface area contributed by atoms with Crippen LogP contribution in [0.1, 0.15) is 22.8 Å². The summed E-state index contributed by atoms with van der Waals surface area (Å²) in [4.78, 5) is 11.4. The first-order valence-corrected chi connectivity index (χ1v) is 4.94. The summed E-state index contributed by atoms with van der Waals surface area (Å²) in [6.45, 7) is 2.12. The van der Waals surface area contributed by atoms with Gasteiger partial charge in [-0.25, -0.2) is 0 Å². The van der Waals surface area contributed by atoms with Crippen LogP contribution in [0.5, 0.6) is 0 Å². The number of nitrogens with two attached hydrogens (primary N) is 2. The molecule has 4 heteroatoms. The summed E-state index contributed by atoms with van der Waals surface area (Å²) >= 11 is 0. The average Bonchev–Trinajstić information content (AvgIpc) is 2.18. The van der Waals surface area contributed by atoms with Crippen LogP contribution in [0.4, 0.5) is 0 Å². The van der Waals surface area contributed by atoms with E-state index in [2.05, 4.69) is 5.43 Å². The maximum atomic E-state index is 11.4. The molecule has 82 valence electrons. The first-order valence-electron chi connectivity index (χ1n) is 4.94. The van der Waals surface area contributed by atoms with Crippen molar-refractivity contribution in [3.8, 4) is 0 Å². The van der Waals surface area contributed by atoms with Gasteiger partial charge in [0.1, 0.15) is 0 Å². The number of nitrogens with one attached hydrogen (secondary N) is 1. The molecule has 0 bridgehead atoms. The Hall–Kier alpha value is -1.23. The van der Waals surface area contributed by atoms with E-state index in [1.54, 1.807) is 12.1 Å². The second-order valence-electron chi connectivity index (χ2n) is 3.68. The van der Waals surface area contributed by atoms with E-state index in [4.69, 9.17) is 11.6 Å². The summed E-state index contributed by atoms with van der Waals surface area (Å²) in [6, 6.07) is 7.59. The highest BCUT2D eigenvalue weighted by Gasteiger charge is 2.04. The molecule has 15 heavy (non-hydrogen) atoms. The molecule has 0 aliphatic rings. The van der Waals surface area contributed by atoms with Crippen molar-refractivity contribution in [1.82, 2.24) is 5.43 Å². The van der Waals surface area contributed by atoms with E-state index in [1.165, 1.54) is 0 Å². The van der Waals surface area contributed by atoms with Gasteiger partial charge in [-0.2, -0.15) is 0 Å². The number of hydrogen-bond acceptors (Lipinski definition) is 4. The van der Waals surface area contributed by atoms with Crippen molar-refractivity contribution in [3.05, 3.63) is 35.4 Å². The van der Waals surface area contributed by atoms with Crippen LogP contribution in [0.15, 0.2) is 24.3 Å². The van der Waals surface area contributed by atoms with E-state index in [0.29, 0.717) is 5.56 Å². The second-order valence-corrected chi connectivity index (χ2v) is 3.68. The van der Waals surface area contributed by atoms with E-state index >= 15 is 0 Å². The number of hydrazine groups is 1. The lowest BCUT2D eigenvalue weighted by atomic mass is 10.0. The molecule has 1 atom stereocenters. The molecule has 0 aliphatic heterocycles. The van der Waals surface area contributed by atoms with E-state index in [0.717, 1.165) is 12.0 Å². The lowest BCUT2D eigenvalue weighted by molar-refractivity contribution is 0.0991. The summed E-state index contributed by atoms with van der Waals surface area (Å²) in [7, 11) is 0. The quantitative estimate of drug-likeness (QED) is 0.366. The Morgan fingerprint density at radius 1 is 1.40 bits per heavy atom. The highest BCUT2D eigenvalue weighted by atomic mass is 16.1. The number of ketones is 1. The van der Waals surface area contributed by atoms with Crippen LogP contribution in [0.2, 0.25) is 0 Å². The zero-order chi connectivity index (χ0) is 11.3. The Bertz CT molecular complexity index is 319. The molecule has 0 saturated carbocycles. The predicted molar refractivity (Wildman–Crippen MR) is 60.3 cm³/mol. The SMILES string of the molecule is CC(N)Cc1ccc(C(=O)CNN)cc1. The highest BCUT2D eigenvalue weighted by Crippen LogP contribution is 2.06. The summed E-state index contributed by atoms with van der Waals surface area (Å²) in [5, 5.41) is 0. The van der Waals surface area contributed by atoms with E-state index in [-0.39, 0.29) is 18.4 Å². The molecular formula is C11H17N3O. The fraction of sp³-hybridized carbons (Fsp3) is 0.364. The van der Waals surface area contributed by atoms with Gasteiger partial charge in [0.25, 0.3) is 0 Å². The van der Waals surface area contributed by atoms with Gasteiger partial charge in [0.15, 0.2) is 5.78 Å². The second kappa shape index (κ2) is 5.60. The fourth-order valence-electron chi connectivity index (χ4n) is 1.39. The molecule has 0 radical (unpaired) electrons. The minimum Gasteiger partial charge on any atom is -0.328 e. The molecule has 0 saturated heterocycles. The zero-order valence-electron chi connectivity index (χ0n) is 8.86. The van der Waals surface area contributed by atoms with Crippen LogP contribution in [-0.4, -0.2) is 18.4 Å². The Kier molecular flexibility index (Phi) is 4.42. The van der Waals surface area contributed by atoms with Crippen LogP contribution in [0.25, 0.3) is 0 Å².